The molecular weight excluding hydrogens is 284 g/mol. The quantitative estimate of drug-likeness (QED) is 0.757. The first-order chi connectivity index (χ1) is 10.2. The van der Waals surface area contributed by atoms with Crippen LogP contribution in [-0.4, -0.2) is 21.0 Å². The first kappa shape index (κ1) is 12.5. The number of rotatable bonds is 2. The van der Waals surface area contributed by atoms with E-state index >= 15 is 0 Å². The highest BCUT2D eigenvalue weighted by molar-refractivity contribution is 7.99. The van der Waals surface area contributed by atoms with Gasteiger partial charge >= 0.3 is 5.97 Å². The molecule has 0 fully saturated rings. The minimum Gasteiger partial charge on any atom is -0.478 e. The van der Waals surface area contributed by atoms with E-state index < -0.39 is 5.97 Å². The van der Waals surface area contributed by atoms with Gasteiger partial charge in [-0.25, -0.2) is 9.78 Å². The van der Waals surface area contributed by atoms with Crippen LogP contribution in [0.3, 0.4) is 0 Å². The van der Waals surface area contributed by atoms with Crippen molar-refractivity contribution in [1.29, 1.82) is 0 Å². The molecule has 0 amide bonds. The Hall–Kier alpha value is -2.27. The molecular formula is C16H12N2O2S. The Labute approximate surface area is 125 Å². The van der Waals surface area contributed by atoms with E-state index in [1.165, 1.54) is 10.5 Å². The van der Waals surface area contributed by atoms with Crippen LogP contribution in [0.25, 0.3) is 11.0 Å². The maximum atomic E-state index is 11.3. The number of carbonyl (C=O) groups is 1. The lowest BCUT2D eigenvalue weighted by Gasteiger charge is -2.02. The van der Waals surface area contributed by atoms with Crippen LogP contribution in [0.2, 0.25) is 0 Å². The molecule has 1 aromatic heterocycles. The van der Waals surface area contributed by atoms with Crippen molar-refractivity contribution in [3.8, 4) is 0 Å². The zero-order valence-corrected chi connectivity index (χ0v) is 11.9. The second-order valence-electron chi connectivity index (χ2n) is 5.05. The number of aromatic nitrogens is 2. The predicted octanol–water partition coefficient (Wildman–Crippen LogP) is 3.65. The molecule has 1 aliphatic heterocycles. The number of aromatic carboxylic acids is 1. The molecule has 0 saturated heterocycles. The maximum Gasteiger partial charge on any atom is 0.337 e. The molecule has 0 radical (unpaired) electrons. The fourth-order valence-corrected chi connectivity index (χ4v) is 3.96. The highest BCUT2D eigenvalue weighted by Gasteiger charge is 2.26. The Kier molecular flexibility index (Phi) is 2.75. The molecule has 5 heteroatoms. The number of fused-ring (bicyclic) bond motifs is 2. The van der Waals surface area contributed by atoms with E-state index in [4.69, 9.17) is 0 Å². The Bertz CT molecular complexity index is 831. The SMILES string of the molecule is O=C(O)c1cccc2[nH]c(C3Cc4ccccc4S3)nc12. The predicted molar refractivity (Wildman–Crippen MR) is 81.8 cm³/mol. The second-order valence-corrected chi connectivity index (χ2v) is 6.29. The van der Waals surface area contributed by atoms with Gasteiger partial charge in [0.2, 0.25) is 0 Å². The van der Waals surface area contributed by atoms with Gasteiger partial charge in [-0.1, -0.05) is 24.3 Å². The Morgan fingerprint density at radius 3 is 2.90 bits per heavy atom. The molecule has 0 aliphatic carbocycles. The van der Waals surface area contributed by atoms with Gasteiger partial charge in [0.05, 0.1) is 16.3 Å². The first-order valence-electron chi connectivity index (χ1n) is 6.69. The third-order valence-electron chi connectivity index (χ3n) is 3.71. The number of hydrogen-bond acceptors (Lipinski definition) is 3. The largest absolute Gasteiger partial charge is 0.478 e. The lowest BCUT2D eigenvalue weighted by molar-refractivity contribution is 0.0699. The van der Waals surface area contributed by atoms with E-state index in [0.717, 1.165) is 17.8 Å². The fraction of sp³-hybridized carbons (Fsp3) is 0.125. The normalized spacial score (nSPS) is 17.0. The summed E-state index contributed by atoms with van der Waals surface area (Å²) in [5, 5.41) is 9.46. The van der Waals surface area contributed by atoms with Crippen LogP contribution in [0.1, 0.15) is 27.0 Å². The summed E-state index contributed by atoms with van der Waals surface area (Å²) in [6.07, 6.45) is 0.920. The number of aromatic amines is 1. The second kappa shape index (κ2) is 4.63. The molecule has 4 rings (SSSR count). The summed E-state index contributed by atoms with van der Waals surface area (Å²) in [7, 11) is 0. The van der Waals surface area contributed by atoms with Crippen LogP contribution in [0.4, 0.5) is 0 Å². The van der Waals surface area contributed by atoms with Gasteiger partial charge < -0.3 is 10.1 Å². The van der Waals surface area contributed by atoms with Crippen LogP contribution >= 0.6 is 11.8 Å². The molecule has 104 valence electrons. The van der Waals surface area contributed by atoms with Crippen molar-refractivity contribution in [1.82, 2.24) is 9.97 Å². The van der Waals surface area contributed by atoms with Crippen LogP contribution < -0.4 is 0 Å². The van der Waals surface area contributed by atoms with Gasteiger partial charge in [0.1, 0.15) is 11.3 Å². The monoisotopic (exact) mass is 296 g/mol. The van der Waals surface area contributed by atoms with Gasteiger partial charge in [-0.3, -0.25) is 0 Å². The van der Waals surface area contributed by atoms with Crippen LogP contribution in [-0.2, 0) is 6.42 Å². The Morgan fingerprint density at radius 1 is 1.24 bits per heavy atom. The average molecular weight is 296 g/mol. The summed E-state index contributed by atoms with van der Waals surface area (Å²) in [5.41, 5.74) is 2.89. The van der Waals surface area contributed by atoms with Crippen molar-refractivity contribution in [2.75, 3.05) is 0 Å². The van der Waals surface area contributed by atoms with Gasteiger partial charge in [0.25, 0.3) is 0 Å². The third-order valence-corrected chi connectivity index (χ3v) is 5.04. The number of benzene rings is 2. The molecule has 2 heterocycles. The highest BCUT2D eigenvalue weighted by atomic mass is 32.2. The van der Waals surface area contributed by atoms with Crippen LogP contribution in [0.15, 0.2) is 47.4 Å². The fourth-order valence-electron chi connectivity index (χ4n) is 2.71. The number of nitrogens with one attached hydrogen (secondary N) is 1. The van der Waals surface area contributed by atoms with E-state index in [0.29, 0.717) is 5.52 Å². The molecule has 21 heavy (non-hydrogen) atoms. The molecule has 1 atom stereocenters. The van der Waals surface area contributed by atoms with Crippen molar-refractivity contribution in [3.05, 3.63) is 59.4 Å². The van der Waals surface area contributed by atoms with E-state index in [1.807, 2.05) is 18.2 Å². The Morgan fingerprint density at radius 2 is 2.10 bits per heavy atom. The number of hydrogen-bond donors (Lipinski definition) is 2. The zero-order valence-electron chi connectivity index (χ0n) is 11.0. The number of carboxylic acid groups (broad SMARTS) is 1. The van der Waals surface area contributed by atoms with Crippen molar-refractivity contribution >= 4 is 28.8 Å². The van der Waals surface area contributed by atoms with Gasteiger partial charge in [0.15, 0.2) is 0 Å². The summed E-state index contributed by atoms with van der Waals surface area (Å²) < 4.78 is 0. The van der Waals surface area contributed by atoms with Crippen LogP contribution in [0, 0.1) is 0 Å². The maximum absolute atomic E-state index is 11.3. The van der Waals surface area contributed by atoms with Crippen molar-refractivity contribution in [2.24, 2.45) is 0 Å². The van der Waals surface area contributed by atoms with E-state index in [1.54, 1.807) is 23.9 Å². The standard InChI is InChI=1S/C16H12N2O2S/c19-16(20)10-5-3-6-11-14(10)18-15(17-11)13-8-9-4-1-2-7-12(9)21-13/h1-7,13H,8H2,(H,17,18)(H,19,20). The number of H-pyrrole nitrogens is 1. The zero-order chi connectivity index (χ0) is 14.4. The summed E-state index contributed by atoms with van der Waals surface area (Å²) in [5.74, 6) is -0.0964. The van der Waals surface area contributed by atoms with E-state index in [9.17, 15) is 9.90 Å². The van der Waals surface area contributed by atoms with Gasteiger partial charge in [-0.05, 0) is 30.2 Å². The summed E-state index contributed by atoms with van der Waals surface area (Å²) >= 11 is 1.78. The lowest BCUT2D eigenvalue weighted by atomic mass is 10.1. The topological polar surface area (TPSA) is 66.0 Å². The summed E-state index contributed by atoms with van der Waals surface area (Å²) in [4.78, 5) is 20.4. The highest BCUT2D eigenvalue weighted by Crippen LogP contribution is 2.45. The molecule has 2 aromatic carbocycles. The molecule has 0 bridgehead atoms. The van der Waals surface area contributed by atoms with Crippen LogP contribution in [0.5, 0.6) is 0 Å². The molecule has 1 aliphatic rings. The Balaban J connectivity index is 1.76. The first-order valence-corrected chi connectivity index (χ1v) is 7.57. The molecule has 0 saturated carbocycles. The molecule has 0 spiro atoms. The van der Waals surface area contributed by atoms with Gasteiger partial charge in [-0.15, -0.1) is 11.8 Å². The molecule has 1 unspecified atom stereocenters. The van der Waals surface area contributed by atoms with Crippen molar-refractivity contribution < 1.29 is 9.90 Å². The number of imidazole rings is 1. The van der Waals surface area contributed by atoms with E-state index in [2.05, 4.69) is 22.1 Å². The summed E-state index contributed by atoms with van der Waals surface area (Å²) in [6, 6.07) is 13.5. The summed E-state index contributed by atoms with van der Waals surface area (Å²) in [6.45, 7) is 0. The molecule has 4 nitrogen and oxygen atoms in total. The average Bonchev–Trinajstić information content (AvgIpc) is 3.09. The van der Waals surface area contributed by atoms with Gasteiger partial charge in [-0.2, -0.15) is 0 Å². The third kappa shape index (κ3) is 2.01. The number of nitrogens with zero attached hydrogens (tertiary/aromatic N) is 1. The molecule has 3 aromatic rings. The van der Waals surface area contributed by atoms with Crippen molar-refractivity contribution in [2.45, 2.75) is 16.6 Å². The number of thioether (sulfide) groups is 1. The smallest absolute Gasteiger partial charge is 0.337 e. The number of carboxylic acids is 1. The molecule has 2 N–H and O–H groups in total. The van der Waals surface area contributed by atoms with Crippen molar-refractivity contribution in [3.63, 3.8) is 0 Å². The minimum absolute atomic E-state index is 0.219. The van der Waals surface area contributed by atoms with Gasteiger partial charge in [0, 0.05) is 4.90 Å². The van der Waals surface area contributed by atoms with E-state index in [-0.39, 0.29) is 10.8 Å². The minimum atomic E-state index is -0.944. The lowest BCUT2D eigenvalue weighted by Crippen LogP contribution is -1.97. The number of para-hydroxylation sites is 1.